The van der Waals surface area contributed by atoms with Crippen molar-refractivity contribution in [1.29, 1.82) is 0 Å². The summed E-state index contributed by atoms with van der Waals surface area (Å²) in [5.74, 6) is 0.849. The fourth-order valence-electron chi connectivity index (χ4n) is 2.62. The first kappa shape index (κ1) is 10.1. The van der Waals surface area contributed by atoms with Crippen LogP contribution in [0.5, 0.6) is 0 Å². The van der Waals surface area contributed by atoms with Gasteiger partial charge in [-0.15, -0.1) is 0 Å². The standard InChI is InChI=1S/C15H19N/c1-3-12(4-1)14-5-2-6-15(11-14)13-7-9-16-10-8-13/h2,5-7,11-12,16H,1,3-4,8-10H2. The average molecular weight is 213 g/mol. The van der Waals surface area contributed by atoms with Gasteiger partial charge in [-0.1, -0.05) is 36.8 Å². The van der Waals surface area contributed by atoms with E-state index in [9.17, 15) is 0 Å². The summed E-state index contributed by atoms with van der Waals surface area (Å²) in [5.41, 5.74) is 4.54. The molecule has 1 fully saturated rings. The van der Waals surface area contributed by atoms with E-state index in [1.807, 2.05) is 0 Å². The third-order valence-electron chi connectivity index (χ3n) is 3.90. The normalized spacial score (nSPS) is 21.4. The second kappa shape index (κ2) is 4.42. The van der Waals surface area contributed by atoms with E-state index in [0.717, 1.165) is 19.0 Å². The highest BCUT2D eigenvalue weighted by Gasteiger charge is 2.19. The molecule has 3 rings (SSSR count). The summed E-state index contributed by atoms with van der Waals surface area (Å²) >= 11 is 0. The van der Waals surface area contributed by atoms with Crippen molar-refractivity contribution in [3.05, 3.63) is 41.5 Å². The molecule has 84 valence electrons. The fourth-order valence-corrected chi connectivity index (χ4v) is 2.62. The van der Waals surface area contributed by atoms with Crippen LogP contribution >= 0.6 is 0 Å². The molecule has 1 aliphatic carbocycles. The number of nitrogens with one attached hydrogen (secondary N) is 1. The van der Waals surface area contributed by atoms with Crippen molar-refractivity contribution in [2.24, 2.45) is 0 Å². The highest BCUT2D eigenvalue weighted by atomic mass is 14.8. The molecule has 0 aromatic heterocycles. The highest BCUT2D eigenvalue weighted by molar-refractivity contribution is 5.67. The molecule has 0 amide bonds. The van der Waals surface area contributed by atoms with Crippen LogP contribution in [0.15, 0.2) is 30.3 Å². The van der Waals surface area contributed by atoms with Gasteiger partial charge in [-0.25, -0.2) is 0 Å². The number of hydrogen-bond donors (Lipinski definition) is 1. The minimum Gasteiger partial charge on any atom is -0.313 e. The summed E-state index contributed by atoms with van der Waals surface area (Å²) in [5, 5.41) is 3.37. The monoisotopic (exact) mass is 213 g/mol. The van der Waals surface area contributed by atoms with Crippen LogP contribution in [0.4, 0.5) is 0 Å². The third-order valence-corrected chi connectivity index (χ3v) is 3.90. The van der Waals surface area contributed by atoms with E-state index in [1.165, 1.54) is 36.8 Å². The van der Waals surface area contributed by atoms with Crippen LogP contribution in [0.25, 0.3) is 5.57 Å². The third kappa shape index (κ3) is 1.92. The Hall–Kier alpha value is -1.08. The Morgan fingerprint density at radius 2 is 2.12 bits per heavy atom. The van der Waals surface area contributed by atoms with Crippen LogP contribution < -0.4 is 5.32 Å². The maximum absolute atomic E-state index is 3.37. The zero-order valence-corrected chi connectivity index (χ0v) is 9.71. The quantitative estimate of drug-likeness (QED) is 0.794. The maximum atomic E-state index is 3.37. The van der Waals surface area contributed by atoms with Crippen LogP contribution in [-0.2, 0) is 0 Å². The largest absolute Gasteiger partial charge is 0.313 e. The van der Waals surface area contributed by atoms with Crippen LogP contribution in [-0.4, -0.2) is 13.1 Å². The molecule has 1 aliphatic heterocycles. The van der Waals surface area contributed by atoms with Gasteiger partial charge in [-0.05, 0) is 48.4 Å². The summed E-state index contributed by atoms with van der Waals surface area (Å²) in [6.07, 6.45) is 7.72. The van der Waals surface area contributed by atoms with Gasteiger partial charge in [0.2, 0.25) is 0 Å². The Morgan fingerprint density at radius 1 is 1.19 bits per heavy atom. The lowest BCUT2D eigenvalue weighted by Gasteiger charge is -2.26. The predicted octanol–water partition coefficient (Wildman–Crippen LogP) is 3.33. The fraction of sp³-hybridized carbons (Fsp3) is 0.467. The molecule has 1 saturated carbocycles. The van der Waals surface area contributed by atoms with Crippen molar-refractivity contribution in [2.75, 3.05) is 13.1 Å². The second-order valence-electron chi connectivity index (χ2n) is 4.94. The Kier molecular flexibility index (Phi) is 2.79. The molecule has 0 atom stereocenters. The minimum absolute atomic E-state index is 0.849. The van der Waals surface area contributed by atoms with Crippen molar-refractivity contribution < 1.29 is 0 Å². The van der Waals surface area contributed by atoms with Gasteiger partial charge in [-0.2, -0.15) is 0 Å². The summed E-state index contributed by atoms with van der Waals surface area (Å²) in [6.45, 7) is 2.16. The molecule has 0 bridgehead atoms. The van der Waals surface area contributed by atoms with Gasteiger partial charge in [0.1, 0.15) is 0 Å². The summed E-state index contributed by atoms with van der Waals surface area (Å²) in [6, 6.07) is 9.21. The van der Waals surface area contributed by atoms with Gasteiger partial charge < -0.3 is 5.32 Å². The van der Waals surface area contributed by atoms with Gasteiger partial charge in [0.25, 0.3) is 0 Å². The van der Waals surface area contributed by atoms with Crippen LogP contribution in [0.3, 0.4) is 0 Å². The van der Waals surface area contributed by atoms with Crippen molar-refractivity contribution in [1.82, 2.24) is 5.32 Å². The molecular weight excluding hydrogens is 194 g/mol. The van der Waals surface area contributed by atoms with Gasteiger partial charge in [-0.3, -0.25) is 0 Å². The zero-order chi connectivity index (χ0) is 10.8. The van der Waals surface area contributed by atoms with Gasteiger partial charge in [0.15, 0.2) is 0 Å². The summed E-state index contributed by atoms with van der Waals surface area (Å²) < 4.78 is 0. The molecular formula is C15H19N. The minimum atomic E-state index is 0.849. The topological polar surface area (TPSA) is 12.0 Å². The molecule has 1 aromatic carbocycles. The average Bonchev–Trinajstić information content (AvgIpc) is 2.28. The van der Waals surface area contributed by atoms with Gasteiger partial charge >= 0.3 is 0 Å². The molecule has 1 nitrogen and oxygen atoms in total. The number of hydrogen-bond acceptors (Lipinski definition) is 1. The Bertz CT molecular complexity index is 402. The van der Waals surface area contributed by atoms with E-state index in [-0.39, 0.29) is 0 Å². The van der Waals surface area contributed by atoms with Crippen LogP contribution in [0, 0.1) is 0 Å². The molecule has 1 heterocycles. The Labute approximate surface area is 97.6 Å². The van der Waals surface area contributed by atoms with Crippen molar-refractivity contribution in [2.45, 2.75) is 31.6 Å². The highest BCUT2D eigenvalue weighted by Crippen LogP contribution is 2.37. The predicted molar refractivity (Wildman–Crippen MR) is 68.5 cm³/mol. The SMILES string of the molecule is C1=C(c2cccc(C3CCC3)c2)CCNC1. The zero-order valence-electron chi connectivity index (χ0n) is 9.71. The van der Waals surface area contributed by atoms with E-state index < -0.39 is 0 Å². The van der Waals surface area contributed by atoms with E-state index in [4.69, 9.17) is 0 Å². The molecule has 0 spiro atoms. The van der Waals surface area contributed by atoms with Crippen molar-refractivity contribution in [3.8, 4) is 0 Å². The van der Waals surface area contributed by atoms with E-state index in [0.29, 0.717) is 0 Å². The molecule has 2 aliphatic rings. The maximum Gasteiger partial charge on any atom is 0.0140 e. The molecule has 1 aromatic rings. The Morgan fingerprint density at radius 3 is 2.81 bits per heavy atom. The summed E-state index contributed by atoms with van der Waals surface area (Å²) in [7, 11) is 0. The Balaban J connectivity index is 1.86. The first-order chi connectivity index (χ1) is 7.93. The molecule has 16 heavy (non-hydrogen) atoms. The summed E-state index contributed by atoms with van der Waals surface area (Å²) in [4.78, 5) is 0. The lowest BCUT2D eigenvalue weighted by atomic mass is 9.79. The second-order valence-corrected chi connectivity index (χ2v) is 4.94. The van der Waals surface area contributed by atoms with E-state index >= 15 is 0 Å². The van der Waals surface area contributed by atoms with Gasteiger partial charge in [0.05, 0.1) is 0 Å². The first-order valence-electron chi connectivity index (χ1n) is 6.43. The van der Waals surface area contributed by atoms with Crippen LogP contribution in [0.1, 0.15) is 42.7 Å². The number of benzene rings is 1. The van der Waals surface area contributed by atoms with Crippen LogP contribution in [0.2, 0.25) is 0 Å². The molecule has 0 unspecified atom stereocenters. The molecule has 1 heteroatoms. The smallest absolute Gasteiger partial charge is 0.0140 e. The molecule has 1 N–H and O–H groups in total. The van der Waals surface area contributed by atoms with E-state index in [1.54, 1.807) is 5.56 Å². The van der Waals surface area contributed by atoms with Crippen molar-refractivity contribution in [3.63, 3.8) is 0 Å². The molecule has 0 radical (unpaired) electrons. The van der Waals surface area contributed by atoms with Gasteiger partial charge in [0, 0.05) is 6.54 Å². The van der Waals surface area contributed by atoms with Crippen molar-refractivity contribution >= 4 is 5.57 Å². The van der Waals surface area contributed by atoms with E-state index in [2.05, 4.69) is 35.7 Å². The lowest BCUT2D eigenvalue weighted by Crippen LogP contribution is -2.20. The molecule has 0 saturated heterocycles. The lowest BCUT2D eigenvalue weighted by molar-refractivity contribution is 0.419. The first-order valence-corrected chi connectivity index (χ1v) is 6.43. The number of rotatable bonds is 2.